The van der Waals surface area contributed by atoms with Gasteiger partial charge in [0.15, 0.2) is 0 Å². The van der Waals surface area contributed by atoms with Crippen LogP contribution in [-0.2, 0) is 0 Å². The Bertz CT molecular complexity index is 226. The average molecular weight is 457 g/mol. The second-order valence-corrected chi connectivity index (χ2v) is 10.3. The van der Waals surface area contributed by atoms with Crippen LogP contribution in [0.4, 0.5) is 0 Å². The van der Waals surface area contributed by atoms with E-state index in [4.69, 9.17) is 0 Å². The van der Waals surface area contributed by atoms with Gasteiger partial charge in [-0.15, -0.1) is 0 Å². The van der Waals surface area contributed by atoms with Crippen LogP contribution in [0.2, 0.25) is 0 Å². The smallest absolute Gasteiger partial charge is 0.0230 e. The van der Waals surface area contributed by atoms with E-state index in [0.29, 0.717) is 4.32 Å². The number of unbranched alkanes of at least 4 members (excludes halogenated alkanes) is 11. The second-order valence-electron chi connectivity index (χ2n) is 7.42. The fourth-order valence-electron chi connectivity index (χ4n) is 3.19. The number of halogens is 2. The highest BCUT2D eigenvalue weighted by molar-refractivity contribution is 9.10. The van der Waals surface area contributed by atoms with Crippen molar-refractivity contribution in [3.63, 3.8) is 0 Å². The van der Waals surface area contributed by atoms with Gasteiger partial charge in [0.1, 0.15) is 0 Å². The van der Waals surface area contributed by atoms with Gasteiger partial charge in [-0.25, -0.2) is 0 Å². The molecule has 3 N–H and O–H groups in total. The van der Waals surface area contributed by atoms with E-state index in [1.54, 1.807) is 0 Å². The number of alkyl halides is 2. The van der Waals surface area contributed by atoms with Crippen molar-refractivity contribution >= 4 is 31.9 Å². The number of hydrogen-bond acceptors (Lipinski definition) is 1. The van der Waals surface area contributed by atoms with E-state index in [1.807, 2.05) is 0 Å². The third-order valence-corrected chi connectivity index (χ3v) is 5.94. The zero-order valence-electron chi connectivity index (χ0n) is 16.1. The Morgan fingerprint density at radius 2 is 1.09 bits per heavy atom. The van der Waals surface area contributed by atoms with Gasteiger partial charge in [0.05, 0.1) is 0 Å². The summed E-state index contributed by atoms with van der Waals surface area (Å²) in [4.78, 5) is 0. The van der Waals surface area contributed by atoms with Gasteiger partial charge in [0.2, 0.25) is 0 Å². The molecule has 0 aromatic rings. The quantitative estimate of drug-likeness (QED) is 0.182. The SMILES string of the molecule is CCCCCCCCCCCCCCC(CCBr)C(C)(C)Br.N. The van der Waals surface area contributed by atoms with Crippen molar-refractivity contribution in [1.29, 1.82) is 0 Å². The molecule has 0 bridgehead atoms. The lowest BCUT2D eigenvalue weighted by atomic mass is 9.88. The standard InChI is InChI=1S/C20H40Br2.H3N/c1-4-5-6-7-8-9-10-11-12-13-14-15-16-19(17-18-21)20(2,3)22;/h19H,4-18H2,1-3H3;1H3. The second kappa shape index (κ2) is 17.7. The molecule has 0 aliphatic rings. The van der Waals surface area contributed by atoms with E-state index >= 15 is 0 Å². The number of rotatable bonds is 16. The Balaban J connectivity index is 0. The van der Waals surface area contributed by atoms with Crippen LogP contribution in [0.25, 0.3) is 0 Å². The largest absolute Gasteiger partial charge is 0.344 e. The van der Waals surface area contributed by atoms with E-state index in [9.17, 15) is 0 Å². The minimum absolute atomic E-state index is 0. The average Bonchev–Trinajstić information content (AvgIpc) is 2.46. The molecule has 3 heteroatoms. The summed E-state index contributed by atoms with van der Waals surface area (Å²) in [7, 11) is 0. The molecule has 0 aliphatic carbocycles. The van der Waals surface area contributed by atoms with E-state index < -0.39 is 0 Å². The molecule has 0 fully saturated rings. The summed E-state index contributed by atoms with van der Waals surface area (Å²) in [6, 6.07) is 0. The van der Waals surface area contributed by atoms with Crippen LogP contribution >= 0.6 is 31.9 Å². The van der Waals surface area contributed by atoms with Crippen LogP contribution in [0.5, 0.6) is 0 Å². The van der Waals surface area contributed by atoms with Crippen LogP contribution in [0, 0.1) is 5.92 Å². The molecule has 1 unspecified atom stereocenters. The molecule has 142 valence electrons. The van der Waals surface area contributed by atoms with Crippen molar-refractivity contribution in [2.75, 3.05) is 5.33 Å². The van der Waals surface area contributed by atoms with Crippen LogP contribution in [-0.4, -0.2) is 9.65 Å². The molecule has 1 nitrogen and oxygen atoms in total. The van der Waals surface area contributed by atoms with E-state index in [2.05, 4.69) is 52.6 Å². The minimum atomic E-state index is 0. The summed E-state index contributed by atoms with van der Waals surface area (Å²) >= 11 is 7.46. The summed E-state index contributed by atoms with van der Waals surface area (Å²) in [5.74, 6) is 0.801. The van der Waals surface area contributed by atoms with Gasteiger partial charge in [0, 0.05) is 9.65 Å². The van der Waals surface area contributed by atoms with Gasteiger partial charge in [-0.05, 0) is 32.6 Å². The van der Waals surface area contributed by atoms with Crippen molar-refractivity contribution in [2.45, 2.75) is 115 Å². The molecule has 0 spiro atoms. The molecule has 23 heavy (non-hydrogen) atoms. The third-order valence-electron chi connectivity index (χ3n) is 4.83. The van der Waals surface area contributed by atoms with Crippen LogP contribution in [0.15, 0.2) is 0 Å². The van der Waals surface area contributed by atoms with Gasteiger partial charge in [-0.2, -0.15) is 0 Å². The first-order chi connectivity index (χ1) is 10.5. The van der Waals surface area contributed by atoms with Crippen LogP contribution in [0.3, 0.4) is 0 Å². The zero-order chi connectivity index (χ0) is 16.7. The molecule has 0 aromatic heterocycles. The Morgan fingerprint density at radius 1 is 0.696 bits per heavy atom. The molecule has 0 amide bonds. The Labute approximate surface area is 164 Å². The first-order valence-electron chi connectivity index (χ1n) is 9.77. The zero-order valence-corrected chi connectivity index (χ0v) is 19.3. The highest BCUT2D eigenvalue weighted by Crippen LogP contribution is 2.33. The van der Waals surface area contributed by atoms with Gasteiger partial charge < -0.3 is 6.15 Å². The van der Waals surface area contributed by atoms with Crippen LogP contribution in [0.1, 0.15) is 111 Å². The Morgan fingerprint density at radius 3 is 1.43 bits per heavy atom. The van der Waals surface area contributed by atoms with E-state index in [1.165, 1.54) is 89.9 Å². The Kier molecular flexibility index (Phi) is 20.2. The van der Waals surface area contributed by atoms with Crippen LogP contribution < -0.4 is 6.15 Å². The van der Waals surface area contributed by atoms with Gasteiger partial charge in [-0.1, -0.05) is 116 Å². The van der Waals surface area contributed by atoms with Crippen molar-refractivity contribution < 1.29 is 0 Å². The van der Waals surface area contributed by atoms with E-state index in [-0.39, 0.29) is 6.15 Å². The monoisotopic (exact) mass is 455 g/mol. The van der Waals surface area contributed by atoms with Crippen molar-refractivity contribution in [1.82, 2.24) is 6.15 Å². The first-order valence-corrected chi connectivity index (χ1v) is 11.7. The summed E-state index contributed by atoms with van der Waals surface area (Å²) in [6.07, 6.45) is 20.0. The molecule has 1 atom stereocenters. The molecule has 0 rings (SSSR count). The first kappa shape index (κ1) is 26.2. The lowest BCUT2D eigenvalue weighted by Crippen LogP contribution is -2.24. The van der Waals surface area contributed by atoms with Crippen molar-refractivity contribution in [2.24, 2.45) is 5.92 Å². The lowest BCUT2D eigenvalue weighted by molar-refractivity contribution is 0.375. The lowest BCUT2D eigenvalue weighted by Gasteiger charge is -2.28. The maximum atomic E-state index is 3.86. The summed E-state index contributed by atoms with van der Waals surface area (Å²) in [5.41, 5.74) is 0. The van der Waals surface area contributed by atoms with Gasteiger partial charge in [0.25, 0.3) is 0 Å². The predicted molar refractivity (Wildman–Crippen MR) is 116 cm³/mol. The molecular formula is C20H43Br2N. The molecule has 0 aromatic carbocycles. The molecule has 0 saturated carbocycles. The topological polar surface area (TPSA) is 35.0 Å². The fourth-order valence-corrected chi connectivity index (χ4v) is 4.20. The summed E-state index contributed by atoms with van der Waals surface area (Å²) < 4.78 is 0.290. The summed E-state index contributed by atoms with van der Waals surface area (Å²) in [6.45, 7) is 6.93. The third kappa shape index (κ3) is 17.5. The predicted octanol–water partition coefficient (Wildman–Crippen LogP) is 8.81. The Hall–Kier alpha value is 0.920. The van der Waals surface area contributed by atoms with Crippen molar-refractivity contribution in [3.8, 4) is 0 Å². The summed E-state index contributed by atoms with van der Waals surface area (Å²) in [5, 5.41) is 1.13. The minimum Gasteiger partial charge on any atom is -0.344 e. The molecule has 0 radical (unpaired) electrons. The normalized spacial score (nSPS) is 12.9. The molecule has 0 aliphatic heterocycles. The molecule has 0 heterocycles. The molecule has 0 saturated heterocycles. The van der Waals surface area contributed by atoms with Gasteiger partial charge in [-0.3, -0.25) is 0 Å². The van der Waals surface area contributed by atoms with Crippen molar-refractivity contribution in [3.05, 3.63) is 0 Å². The van der Waals surface area contributed by atoms with Gasteiger partial charge >= 0.3 is 0 Å². The maximum Gasteiger partial charge on any atom is 0.0230 e. The highest BCUT2D eigenvalue weighted by Gasteiger charge is 2.25. The fraction of sp³-hybridized carbons (Fsp3) is 1.00. The van der Waals surface area contributed by atoms with E-state index in [0.717, 1.165) is 11.2 Å². The maximum absolute atomic E-state index is 3.86. The number of hydrogen-bond donors (Lipinski definition) is 1. The highest BCUT2D eigenvalue weighted by atomic mass is 79.9. The molecular weight excluding hydrogens is 414 g/mol.